The first-order chi connectivity index (χ1) is 10.5. The number of carbonyl (C=O) groups is 2. The first-order valence-electron chi connectivity index (χ1n) is 6.41. The van der Waals surface area contributed by atoms with Gasteiger partial charge in [-0.3, -0.25) is 4.79 Å². The number of methoxy groups -OCH3 is 1. The van der Waals surface area contributed by atoms with Crippen molar-refractivity contribution < 1.29 is 23.8 Å². The number of hydrogen-bond acceptors (Lipinski definition) is 5. The number of esters is 1. The number of benzene rings is 1. The van der Waals surface area contributed by atoms with Crippen molar-refractivity contribution in [3.8, 4) is 0 Å². The van der Waals surface area contributed by atoms with Crippen molar-refractivity contribution in [2.75, 3.05) is 32.1 Å². The van der Waals surface area contributed by atoms with E-state index in [0.29, 0.717) is 0 Å². The Labute approximate surface area is 131 Å². The molecule has 0 saturated carbocycles. The molecule has 1 aromatic carbocycles. The summed E-state index contributed by atoms with van der Waals surface area (Å²) in [4.78, 5) is 25.3. The lowest BCUT2D eigenvalue weighted by Crippen LogP contribution is -2.31. The molecule has 1 amide bonds. The Bertz CT molecular complexity index is 648. The molecule has 0 radical (unpaired) electrons. The number of halogens is 2. The van der Waals surface area contributed by atoms with Crippen LogP contribution in [0.25, 0.3) is 0 Å². The lowest BCUT2D eigenvalue weighted by molar-refractivity contribution is -0.136. The van der Waals surface area contributed by atoms with Crippen molar-refractivity contribution in [3.63, 3.8) is 0 Å². The van der Waals surface area contributed by atoms with Crippen LogP contribution in [0.5, 0.6) is 0 Å². The number of aliphatic hydroxyl groups is 1. The van der Waals surface area contributed by atoms with Crippen molar-refractivity contribution in [3.05, 3.63) is 40.3 Å². The van der Waals surface area contributed by atoms with Crippen LogP contribution in [0.1, 0.15) is 0 Å². The van der Waals surface area contributed by atoms with E-state index < -0.39 is 17.7 Å². The van der Waals surface area contributed by atoms with Crippen LogP contribution < -0.4 is 5.32 Å². The van der Waals surface area contributed by atoms with Crippen LogP contribution in [-0.4, -0.2) is 48.7 Å². The molecule has 0 saturated heterocycles. The lowest BCUT2D eigenvalue weighted by Gasteiger charge is -2.15. The molecule has 2 rings (SSSR count). The van der Waals surface area contributed by atoms with E-state index in [1.165, 1.54) is 24.1 Å². The molecule has 8 heteroatoms. The van der Waals surface area contributed by atoms with Crippen molar-refractivity contribution in [1.29, 1.82) is 0 Å². The van der Waals surface area contributed by atoms with Crippen LogP contribution in [0.4, 0.5) is 10.1 Å². The molecular formula is C14H14ClFN2O4. The highest BCUT2D eigenvalue weighted by Crippen LogP contribution is 2.25. The number of hydrogen-bond donors (Lipinski definition) is 2. The molecule has 0 aliphatic carbocycles. The molecule has 0 atom stereocenters. The van der Waals surface area contributed by atoms with E-state index in [0.717, 1.165) is 6.07 Å². The van der Waals surface area contributed by atoms with Gasteiger partial charge in [-0.15, -0.1) is 0 Å². The summed E-state index contributed by atoms with van der Waals surface area (Å²) in [6.07, 6.45) is 0. The number of ether oxygens (including phenoxy) is 1. The summed E-state index contributed by atoms with van der Waals surface area (Å²) < 4.78 is 18.1. The maximum Gasteiger partial charge on any atom is 0.337 e. The maximum absolute atomic E-state index is 13.5. The minimum absolute atomic E-state index is 0.00187. The Balaban J connectivity index is 2.32. The number of anilines is 1. The van der Waals surface area contributed by atoms with Gasteiger partial charge in [0, 0.05) is 12.2 Å². The first-order valence-corrected chi connectivity index (χ1v) is 6.79. The molecule has 1 heterocycles. The van der Waals surface area contributed by atoms with E-state index in [1.54, 1.807) is 0 Å². The second kappa shape index (κ2) is 6.76. The van der Waals surface area contributed by atoms with Crippen LogP contribution in [0.3, 0.4) is 0 Å². The van der Waals surface area contributed by atoms with Gasteiger partial charge in [0.2, 0.25) is 0 Å². The predicted molar refractivity (Wildman–Crippen MR) is 77.7 cm³/mol. The molecular weight excluding hydrogens is 315 g/mol. The Morgan fingerprint density at radius 3 is 2.86 bits per heavy atom. The van der Waals surface area contributed by atoms with Crippen LogP contribution in [0.15, 0.2) is 29.5 Å². The van der Waals surface area contributed by atoms with Crippen LogP contribution in [-0.2, 0) is 14.3 Å². The fraction of sp³-hybridized carbons (Fsp3) is 0.286. The molecule has 0 bridgehead atoms. The molecule has 1 aliphatic rings. The molecule has 118 valence electrons. The highest BCUT2D eigenvalue weighted by atomic mass is 35.5. The largest absolute Gasteiger partial charge is 0.466 e. The smallest absolute Gasteiger partial charge is 0.337 e. The lowest BCUT2D eigenvalue weighted by atomic mass is 10.2. The van der Waals surface area contributed by atoms with Gasteiger partial charge in [-0.25, -0.2) is 9.18 Å². The summed E-state index contributed by atoms with van der Waals surface area (Å²) >= 11 is 5.60. The summed E-state index contributed by atoms with van der Waals surface area (Å²) in [6, 6.07) is 3.93. The van der Waals surface area contributed by atoms with E-state index in [2.05, 4.69) is 10.1 Å². The third-order valence-electron chi connectivity index (χ3n) is 3.14. The van der Waals surface area contributed by atoms with Crippen LogP contribution >= 0.6 is 11.6 Å². The molecule has 0 aromatic heterocycles. The third-order valence-corrected chi connectivity index (χ3v) is 3.45. The molecule has 0 fully saturated rings. The van der Waals surface area contributed by atoms with Gasteiger partial charge in [-0.2, -0.15) is 0 Å². The highest BCUT2D eigenvalue weighted by molar-refractivity contribution is 6.30. The SMILES string of the molecule is COC(=O)C1=C(Nc2ccc(Cl)c(F)c2)C(=O)N(CCO)C1. The number of nitrogens with zero attached hydrogens (tertiary/aromatic N) is 1. The van der Waals surface area contributed by atoms with E-state index in [1.807, 2.05) is 0 Å². The van der Waals surface area contributed by atoms with Crippen LogP contribution in [0.2, 0.25) is 5.02 Å². The van der Waals surface area contributed by atoms with E-state index >= 15 is 0 Å². The Morgan fingerprint density at radius 1 is 1.55 bits per heavy atom. The molecule has 6 nitrogen and oxygen atoms in total. The fourth-order valence-electron chi connectivity index (χ4n) is 2.07. The number of carbonyl (C=O) groups excluding carboxylic acids is 2. The van der Waals surface area contributed by atoms with E-state index in [-0.39, 0.29) is 41.7 Å². The first kappa shape index (κ1) is 16.3. The number of aliphatic hydroxyl groups excluding tert-OH is 1. The zero-order chi connectivity index (χ0) is 16.3. The zero-order valence-electron chi connectivity index (χ0n) is 11.7. The van der Waals surface area contributed by atoms with Crippen LogP contribution in [0, 0.1) is 5.82 Å². The summed E-state index contributed by atoms with van der Waals surface area (Å²) in [5, 5.41) is 11.6. The Morgan fingerprint density at radius 2 is 2.27 bits per heavy atom. The van der Waals surface area contributed by atoms with Crippen molar-refractivity contribution in [2.24, 2.45) is 0 Å². The van der Waals surface area contributed by atoms with Gasteiger partial charge in [0.1, 0.15) is 11.5 Å². The standard InChI is InChI=1S/C14H14ClFN2O4/c1-22-14(21)9-7-18(4-5-19)13(20)12(9)17-8-2-3-10(15)11(16)6-8/h2-3,6,17,19H,4-5,7H2,1H3. The van der Waals surface area contributed by atoms with E-state index in [4.69, 9.17) is 16.7 Å². The van der Waals surface area contributed by atoms with Gasteiger partial charge in [0.25, 0.3) is 5.91 Å². The summed E-state index contributed by atoms with van der Waals surface area (Å²) in [6.45, 7) is -0.132. The number of nitrogens with one attached hydrogen (secondary N) is 1. The van der Waals surface area contributed by atoms with Gasteiger partial charge >= 0.3 is 5.97 Å². The number of β-amino-alcohol motifs (C(OH)–C–C–N with tert-alkyl or cyclic N) is 1. The average Bonchev–Trinajstić information content (AvgIpc) is 2.80. The zero-order valence-corrected chi connectivity index (χ0v) is 12.5. The van der Waals surface area contributed by atoms with Gasteiger partial charge in [0.15, 0.2) is 0 Å². The van der Waals surface area contributed by atoms with E-state index in [9.17, 15) is 14.0 Å². The molecule has 22 heavy (non-hydrogen) atoms. The molecule has 1 aromatic rings. The maximum atomic E-state index is 13.5. The Hall–Kier alpha value is -2.12. The van der Waals surface area contributed by atoms with Crippen molar-refractivity contribution in [1.82, 2.24) is 4.90 Å². The second-order valence-electron chi connectivity index (χ2n) is 4.55. The predicted octanol–water partition coefficient (Wildman–Crippen LogP) is 1.15. The molecule has 0 unspecified atom stereocenters. The number of rotatable bonds is 5. The van der Waals surface area contributed by atoms with Crippen molar-refractivity contribution in [2.45, 2.75) is 0 Å². The minimum atomic E-state index is -0.661. The van der Waals surface area contributed by atoms with Crippen molar-refractivity contribution >= 4 is 29.2 Å². The average molecular weight is 329 g/mol. The number of amides is 1. The molecule has 2 N–H and O–H groups in total. The van der Waals surface area contributed by atoms with Gasteiger partial charge in [0.05, 0.1) is 30.9 Å². The minimum Gasteiger partial charge on any atom is -0.466 e. The monoisotopic (exact) mass is 328 g/mol. The fourth-order valence-corrected chi connectivity index (χ4v) is 2.18. The summed E-state index contributed by atoms with van der Waals surface area (Å²) in [5.41, 5.74) is 0.399. The Kier molecular flexibility index (Phi) is 4.99. The third kappa shape index (κ3) is 3.20. The highest BCUT2D eigenvalue weighted by Gasteiger charge is 2.34. The summed E-state index contributed by atoms with van der Waals surface area (Å²) in [7, 11) is 1.20. The summed E-state index contributed by atoms with van der Waals surface area (Å²) in [5.74, 6) is -1.78. The normalized spacial score (nSPS) is 14.5. The topological polar surface area (TPSA) is 78.9 Å². The molecule has 1 aliphatic heterocycles. The van der Waals surface area contributed by atoms with Gasteiger partial charge < -0.3 is 20.1 Å². The quantitative estimate of drug-likeness (QED) is 0.793. The van der Waals surface area contributed by atoms with Gasteiger partial charge in [-0.1, -0.05) is 11.6 Å². The second-order valence-corrected chi connectivity index (χ2v) is 4.96. The van der Waals surface area contributed by atoms with Gasteiger partial charge in [-0.05, 0) is 18.2 Å². The molecule has 0 spiro atoms.